The number of rotatable bonds is 3. The maximum absolute atomic E-state index is 11.9. The van der Waals surface area contributed by atoms with Crippen molar-refractivity contribution in [3.8, 4) is 0 Å². The Balaban J connectivity index is 2.45. The van der Waals surface area contributed by atoms with E-state index < -0.39 is 5.60 Å². The molecule has 6 heteroatoms. The number of morpholine rings is 1. The Labute approximate surface area is 114 Å². The zero-order valence-electron chi connectivity index (χ0n) is 12.1. The van der Waals surface area contributed by atoms with Crippen LogP contribution in [0.15, 0.2) is 0 Å². The highest BCUT2D eigenvalue weighted by Gasteiger charge is 2.29. The van der Waals surface area contributed by atoms with Crippen LogP contribution in [0.1, 0.15) is 34.1 Å². The van der Waals surface area contributed by atoms with E-state index >= 15 is 0 Å². The van der Waals surface area contributed by atoms with Gasteiger partial charge in [-0.3, -0.25) is 4.79 Å². The van der Waals surface area contributed by atoms with Crippen molar-refractivity contribution in [2.75, 3.05) is 26.3 Å². The van der Waals surface area contributed by atoms with Crippen LogP contribution in [-0.2, 0) is 19.0 Å². The van der Waals surface area contributed by atoms with Gasteiger partial charge in [0, 0.05) is 6.54 Å². The van der Waals surface area contributed by atoms with Gasteiger partial charge < -0.3 is 19.1 Å². The number of hydrogen-bond acceptors (Lipinski definition) is 5. The molecular formula is C13H23NO5. The molecule has 1 saturated heterocycles. The third-order valence-corrected chi connectivity index (χ3v) is 2.49. The molecule has 1 heterocycles. The van der Waals surface area contributed by atoms with Crippen molar-refractivity contribution in [2.45, 2.75) is 45.8 Å². The molecule has 0 aliphatic carbocycles. The van der Waals surface area contributed by atoms with Crippen LogP contribution in [0.25, 0.3) is 0 Å². The smallest absolute Gasteiger partial charge is 0.410 e. The van der Waals surface area contributed by atoms with Crippen LogP contribution in [-0.4, -0.2) is 55.0 Å². The van der Waals surface area contributed by atoms with Gasteiger partial charge in [-0.05, 0) is 27.7 Å². The molecule has 0 unspecified atom stereocenters. The molecule has 0 bridgehead atoms. The first kappa shape index (κ1) is 15.8. The van der Waals surface area contributed by atoms with E-state index in [0.29, 0.717) is 26.3 Å². The fourth-order valence-electron chi connectivity index (χ4n) is 1.74. The Kier molecular flexibility index (Phi) is 5.60. The van der Waals surface area contributed by atoms with Crippen LogP contribution in [0, 0.1) is 0 Å². The lowest BCUT2D eigenvalue weighted by atomic mass is 10.2. The quantitative estimate of drug-likeness (QED) is 0.730. The Morgan fingerprint density at radius 1 is 1.37 bits per heavy atom. The first-order valence-electron chi connectivity index (χ1n) is 6.57. The number of ether oxygens (including phenoxy) is 3. The molecule has 1 amide bonds. The molecule has 0 saturated carbocycles. The summed E-state index contributed by atoms with van der Waals surface area (Å²) in [6, 6.07) is 0. The minimum atomic E-state index is -0.522. The zero-order chi connectivity index (χ0) is 14.5. The highest BCUT2D eigenvalue weighted by molar-refractivity contribution is 5.71. The third kappa shape index (κ3) is 5.92. The van der Waals surface area contributed by atoms with Gasteiger partial charge in [0.15, 0.2) is 0 Å². The first-order valence-corrected chi connectivity index (χ1v) is 6.57. The molecule has 1 aliphatic rings. The fourth-order valence-corrected chi connectivity index (χ4v) is 1.74. The summed E-state index contributed by atoms with van der Waals surface area (Å²) in [5.41, 5.74) is -0.522. The minimum Gasteiger partial charge on any atom is -0.466 e. The SMILES string of the molecule is CCOC(=O)C[C@@H]1CN(C(=O)OC(C)(C)C)CCO1. The average Bonchev–Trinajstić information content (AvgIpc) is 2.27. The van der Waals surface area contributed by atoms with Crippen LogP contribution in [0.4, 0.5) is 4.79 Å². The Hall–Kier alpha value is -1.30. The predicted molar refractivity (Wildman–Crippen MR) is 68.8 cm³/mol. The standard InChI is InChI=1S/C13H23NO5/c1-5-17-11(15)8-10-9-14(6-7-18-10)12(16)19-13(2,3)4/h10H,5-9H2,1-4H3/t10-/m1/s1. The van der Waals surface area contributed by atoms with Gasteiger partial charge in [0.05, 0.1) is 32.3 Å². The summed E-state index contributed by atoms with van der Waals surface area (Å²) in [4.78, 5) is 24.9. The lowest BCUT2D eigenvalue weighted by Gasteiger charge is -2.33. The number of carbonyl (C=O) groups excluding carboxylic acids is 2. The number of nitrogens with zero attached hydrogens (tertiary/aromatic N) is 1. The largest absolute Gasteiger partial charge is 0.466 e. The lowest BCUT2D eigenvalue weighted by molar-refractivity contribution is -0.148. The second kappa shape index (κ2) is 6.75. The van der Waals surface area contributed by atoms with Gasteiger partial charge in [-0.15, -0.1) is 0 Å². The molecule has 0 radical (unpaired) electrons. The topological polar surface area (TPSA) is 65.1 Å². The van der Waals surface area contributed by atoms with Crippen LogP contribution in [0.5, 0.6) is 0 Å². The normalized spacial score (nSPS) is 20.0. The van der Waals surface area contributed by atoms with Crippen molar-refractivity contribution >= 4 is 12.1 Å². The highest BCUT2D eigenvalue weighted by Crippen LogP contribution is 2.14. The highest BCUT2D eigenvalue weighted by atomic mass is 16.6. The monoisotopic (exact) mass is 273 g/mol. The van der Waals surface area contributed by atoms with E-state index in [0.717, 1.165) is 0 Å². The summed E-state index contributed by atoms with van der Waals surface area (Å²) in [5.74, 6) is -0.307. The predicted octanol–water partition coefficient (Wildman–Crippen LogP) is 1.58. The van der Waals surface area contributed by atoms with E-state index in [1.807, 2.05) is 20.8 Å². The summed E-state index contributed by atoms with van der Waals surface area (Å²) in [5, 5.41) is 0. The Morgan fingerprint density at radius 3 is 2.63 bits per heavy atom. The van der Waals surface area contributed by atoms with E-state index in [4.69, 9.17) is 14.2 Å². The van der Waals surface area contributed by atoms with E-state index in [1.165, 1.54) is 0 Å². The zero-order valence-corrected chi connectivity index (χ0v) is 12.1. The van der Waals surface area contributed by atoms with E-state index in [-0.39, 0.29) is 24.6 Å². The molecule has 0 aromatic heterocycles. The van der Waals surface area contributed by atoms with Crippen LogP contribution in [0.2, 0.25) is 0 Å². The summed E-state index contributed by atoms with van der Waals surface area (Å²) in [6.45, 7) is 8.81. The molecule has 1 atom stereocenters. The molecule has 0 aromatic rings. The number of amides is 1. The summed E-state index contributed by atoms with van der Waals surface area (Å²) in [7, 11) is 0. The summed E-state index contributed by atoms with van der Waals surface area (Å²) in [6.07, 6.45) is -0.530. The Morgan fingerprint density at radius 2 is 2.05 bits per heavy atom. The molecule has 1 aliphatic heterocycles. The van der Waals surface area contributed by atoms with Gasteiger partial charge in [-0.1, -0.05) is 0 Å². The van der Waals surface area contributed by atoms with Crippen LogP contribution in [0.3, 0.4) is 0 Å². The lowest BCUT2D eigenvalue weighted by Crippen LogP contribution is -2.48. The van der Waals surface area contributed by atoms with Crippen molar-refractivity contribution < 1.29 is 23.8 Å². The van der Waals surface area contributed by atoms with Gasteiger partial charge >= 0.3 is 12.1 Å². The van der Waals surface area contributed by atoms with E-state index in [9.17, 15) is 9.59 Å². The van der Waals surface area contributed by atoms with Crippen molar-refractivity contribution in [1.82, 2.24) is 4.90 Å². The molecule has 1 fully saturated rings. The Bertz CT molecular complexity index is 323. The van der Waals surface area contributed by atoms with Crippen molar-refractivity contribution in [2.24, 2.45) is 0 Å². The van der Waals surface area contributed by atoms with Gasteiger partial charge in [-0.2, -0.15) is 0 Å². The number of esters is 1. The maximum atomic E-state index is 11.9. The second-order valence-electron chi connectivity index (χ2n) is 5.43. The van der Waals surface area contributed by atoms with Gasteiger partial charge in [0.25, 0.3) is 0 Å². The molecule has 1 rings (SSSR count). The molecule has 0 spiro atoms. The molecule has 6 nitrogen and oxygen atoms in total. The van der Waals surface area contributed by atoms with Crippen molar-refractivity contribution in [3.63, 3.8) is 0 Å². The van der Waals surface area contributed by atoms with Gasteiger partial charge in [0.2, 0.25) is 0 Å². The average molecular weight is 273 g/mol. The van der Waals surface area contributed by atoms with Gasteiger partial charge in [-0.25, -0.2) is 4.79 Å². The number of carbonyl (C=O) groups is 2. The summed E-state index contributed by atoms with van der Waals surface area (Å²) < 4.78 is 15.6. The first-order chi connectivity index (χ1) is 8.81. The van der Waals surface area contributed by atoms with Crippen molar-refractivity contribution in [1.29, 1.82) is 0 Å². The summed E-state index contributed by atoms with van der Waals surface area (Å²) >= 11 is 0. The second-order valence-corrected chi connectivity index (χ2v) is 5.43. The molecular weight excluding hydrogens is 250 g/mol. The molecule has 0 aromatic carbocycles. The third-order valence-electron chi connectivity index (χ3n) is 2.49. The number of hydrogen-bond donors (Lipinski definition) is 0. The molecule has 19 heavy (non-hydrogen) atoms. The van der Waals surface area contributed by atoms with Gasteiger partial charge in [0.1, 0.15) is 5.60 Å². The molecule has 0 N–H and O–H groups in total. The fraction of sp³-hybridized carbons (Fsp3) is 0.846. The maximum Gasteiger partial charge on any atom is 0.410 e. The molecule has 110 valence electrons. The van der Waals surface area contributed by atoms with E-state index in [2.05, 4.69) is 0 Å². The van der Waals surface area contributed by atoms with Crippen LogP contribution >= 0.6 is 0 Å². The van der Waals surface area contributed by atoms with E-state index in [1.54, 1.807) is 11.8 Å². The van der Waals surface area contributed by atoms with Crippen LogP contribution < -0.4 is 0 Å². The van der Waals surface area contributed by atoms with Crippen molar-refractivity contribution in [3.05, 3.63) is 0 Å². The minimum absolute atomic E-state index is 0.160.